The fourth-order valence-corrected chi connectivity index (χ4v) is 2.31. The molecule has 1 heterocycles. The average Bonchev–Trinajstić information content (AvgIpc) is 2.48. The zero-order valence-corrected chi connectivity index (χ0v) is 11.4. The molecule has 0 unspecified atom stereocenters. The maximum atomic E-state index is 8.94. The smallest absolute Gasteiger partial charge is 0.124 e. The van der Waals surface area contributed by atoms with Crippen LogP contribution < -0.4 is 9.47 Å². The number of likely N-dealkylation sites (tertiary alicyclic amines) is 1. The van der Waals surface area contributed by atoms with E-state index >= 15 is 0 Å². The van der Waals surface area contributed by atoms with Gasteiger partial charge in [0.25, 0.3) is 0 Å². The molecule has 0 spiro atoms. The molecule has 0 atom stereocenters. The molecule has 1 aliphatic heterocycles. The monoisotopic (exact) mass is 260 g/mol. The quantitative estimate of drug-likeness (QED) is 0.815. The molecule has 0 N–H and O–H groups in total. The van der Waals surface area contributed by atoms with Crippen LogP contribution in [0.4, 0.5) is 0 Å². The number of nitriles is 1. The van der Waals surface area contributed by atoms with Crippen LogP contribution in [-0.2, 0) is 0 Å². The van der Waals surface area contributed by atoms with Crippen molar-refractivity contribution in [3.63, 3.8) is 0 Å². The van der Waals surface area contributed by atoms with Crippen LogP contribution in [0.1, 0.15) is 24.8 Å². The molecule has 0 aromatic heterocycles. The number of benzene rings is 1. The highest BCUT2D eigenvalue weighted by Crippen LogP contribution is 2.22. The molecule has 0 amide bonds. The van der Waals surface area contributed by atoms with Crippen LogP contribution in [0.25, 0.3) is 0 Å². The van der Waals surface area contributed by atoms with Crippen LogP contribution in [0.3, 0.4) is 0 Å². The predicted octanol–water partition coefficient (Wildman–Crippen LogP) is 2.43. The van der Waals surface area contributed by atoms with Gasteiger partial charge in [-0.2, -0.15) is 5.26 Å². The third kappa shape index (κ3) is 4.15. The van der Waals surface area contributed by atoms with Gasteiger partial charge in [-0.25, -0.2) is 0 Å². The van der Waals surface area contributed by atoms with E-state index in [-0.39, 0.29) is 0 Å². The van der Waals surface area contributed by atoms with Crippen LogP contribution in [0.2, 0.25) is 0 Å². The lowest BCUT2D eigenvalue weighted by molar-refractivity contribution is 0.183. The maximum Gasteiger partial charge on any atom is 0.124 e. The van der Waals surface area contributed by atoms with E-state index in [0.29, 0.717) is 23.7 Å². The van der Waals surface area contributed by atoms with Gasteiger partial charge in [0.1, 0.15) is 18.1 Å². The van der Waals surface area contributed by atoms with Gasteiger partial charge in [-0.3, -0.25) is 4.90 Å². The number of nitrogens with zero attached hydrogens (tertiary/aromatic N) is 2. The number of hydrogen-bond acceptors (Lipinski definition) is 4. The Kier molecular flexibility index (Phi) is 5.05. The Morgan fingerprint density at radius 1 is 1.16 bits per heavy atom. The second-order valence-electron chi connectivity index (χ2n) is 4.76. The zero-order chi connectivity index (χ0) is 13.5. The number of hydrogen-bond donors (Lipinski definition) is 0. The highest BCUT2D eigenvalue weighted by molar-refractivity contribution is 5.43. The second-order valence-corrected chi connectivity index (χ2v) is 4.76. The molecule has 19 heavy (non-hydrogen) atoms. The van der Waals surface area contributed by atoms with Gasteiger partial charge in [-0.1, -0.05) is 6.42 Å². The molecule has 1 aromatic carbocycles. The SMILES string of the molecule is COc1cc(C#N)cc(OCCN2CCCCC2)c1. The third-order valence-corrected chi connectivity index (χ3v) is 3.37. The van der Waals surface area contributed by atoms with Gasteiger partial charge in [-0.05, 0) is 38.1 Å². The summed E-state index contributed by atoms with van der Waals surface area (Å²) in [4.78, 5) is 2.43. The number of rotatable bonds is 5. The number of piperidine rings is 1. The summed E-state index contributed by atoms with van der Waals surface area (Å²) in [5.74, 6) is 1.36. The minimum absolute atomic E-state index is 0.562. The fourth-order valence-electron chi connectivity index (χ4n) is 2.31. The summed E-state index contributed by atoms with van der Waals surface area (Å²) in [6, 6.07) is 7.38. The Morgan fingerprint density at radius 3 is 2.58 bits per heavy atom. The van der Waals surface area contributed by atoms with E-state index in [0.717, 1.165) is 6.54 Å². The fraction of sp³-hybridized carbons (Fsp3) is 0.533. The van der Waals surface area contributed by atoms with Gasteiger partial charge < -0.3 is 9.47 Å². The summed E-state index contributed by atoms with van der Waals surface area (Å²) in [5, 5.41) is 8.94. The van der Waals surface area contributed by atoms with Crippen molar-refractivity contribution in [2.45, 2.75) is 19.3 Å². The van der Waals surface area contributed by atoms with Gasteiger partial charge in [0.2, 0.25) is 0 Å². The lowest BCUT2D eigenvalue weighted by Gasteiger charge is -2.26. The molecule has 0 radical (unpaired) electrons. The van der Waals surface area contributed by atoms with Crippen LogP contribution >= 0.6 is 0 Å². The Bertz CT molecular complexity index is 448. The van der Waals surface area contributed by atoms with Gasteiger partial charge in [0.15, 0.2) is 0 Å². The minimum atomic E-state index is 0.562. The molecule has 1 aliphatic rings. The molecule has 102 valence electrons. The van der Waals surface area contributed by atoms with E-state index in [2.05, 4.69) is 11.0 Å². The summed E-state index contributed by atoms with van der Waals surface area (Å²) >= 11 is 0. The first-order valence-corrected chi connectivity index (χ1v) is 6.76. The van der Waals surface area contributed by atoms with Crippen molar-refractivity contribution in [2.75, 3.05) is 33.4 Å². The zero-order valence-electron chi connectivity index (χ0n) is 11.4. The second kappa shape index (κ2) is 7.01. The summed E-state index contributed by atoms with van der Waals surface area (Å²) < 4.78 is 10.9. The lowest BCUT2D eigenvalue weighted by Crippen LogP contribution is -2.33. The molecule has 4 nitrogen and oxygen atoms in total. The van der Waals surface area contributed by atoms with E-state index in [1.807, 2.05) is 6.07 Å². The van der Waals surface area contributed by atoms with E-state index in [1.165, 1.54) is 32.4 Å². The summed E-state index contributed by atoms with van der Waals surface area (Å²) in [6.07, 6.45) is 3.92. The first-order chi connectivity index (χ1) is 9.31. The van der Waals surface area contributed by atoms with Crippen LogP contribution in [0.5, 0.6) is 11.5 Å². The van der Waals surface area contributed by atoms with E-state index in [4.69, 9.17) is 14.7 Å². The standard InChI is InChI=1S/C15H20N2O2/c1-18-14-9-13(12-16)10-15(11-14)19-8-7-17-5-3-2-4-6-17/h9-11H,2-8H2,1H3. The molecule has 1 fully saturated rings. The molecular formula is C15H20N2O2. The average molecular weight is 260 g/mol. The minimum Gasteiger partial charge on any atom is -0.497 e. The van der Waals surface area contributed by atoms with Crippen molar-refractivity contribution in [3.8, 4) is 17.6 Å². The van der Waals surface area contributed by atoms with Crippen molar-refractivity contribution in [1.29, 1.82) is 5.26 Å². The predicted molar refractivity (Wildman–Crippen MR) is 73.5 cm³/mol. The number of methoxy groups -OCH3 is 1. The lowest BCUT2D eigenvalue weighted by atomic mass is 10.1. The summed E-state index contributed by atoms with van der Waals surface area (Å²) in [6.45, 7) is 3.94. The largest absolute Gasteiger partial charge is 0.497 e. The van der Waals surface area contributed by atoms with E-state index < -0.39 is 0 Å². The van der Waals surface area contributed by atoms with Crippen molar-refractivity contribution in [2.24, 2.45) is 0 Å². The van der Waals surface area contributed by atoms with Crippen molar-refractivity contribution >= 4 is 0 Å². The Hall–Kier alpha value is -1.73. The molecule has 0 bridgehead atoms. The molecule has 1 saturated heterocycles. The van der Waals surface area contributed by atoms with Gasteiger partial charge >= 0.3 is 0 Å². The molecule has 1 aromatic rings. The molecule has 0 saturated carbocycles. The Labute approximate surface area is 114 Å². The van der Waals surface area contributed by atoms with Crippen molar-refractivity contribution < 1.29 is 9.47 Å². The van der Waals surface area contributed by atoms with E-state index in [1.54, 1.807) is 19.2 Å². The Morgan fingerprint density at radius 2 is 1.89 bits per heavy atom. The van der Waals surface area contributed by atoms with Crippen LogP contribution in [0, 0.1) is 11.3 Å². The molecule has 0 aliphatic carbocycles. The molecule has 2 rings (SSSR count). The van der Waals surface area contributed by atoms with Crippen LogP contribution in [-0.4, -0.2) is 38.3 Å². The van der Waals surface area contributed by atoms with Gasteiger partial charge in [0, 0.05) is 12.6 Å². The Balaban J connectivity index is 1.86. The van der Waals surface area contributed by atoms with Gasteiger partial charge in [0.05, 0.1) is 18.7 Å². The first kappa shape index (κ1) is 13.7. The first-order valence-electron chi connectivity index (χ1n) is 6.76. The maximum absolute atomic E-state index is 8.94. The molecule has 4 heteroatoms. The highest BCUT2D eigenvalue weighted by atomic mass is 16.5. The third-order valence-electron chi connectivity index (χ3n) is 3.37. The van der Waals surface area contributed by atoms with E-state index in [9.17, 15) is 0 Å². The highest BCUT2D eigenvalue weighted by Gasteiger charge is 2.09. The molecular weight excluding hydrogens is 240 g/mol. The summed E-state index contributed by atoms with van der Waals surface area (Å²) in [7, 11) is 1.59. The van der Waals surface area contributed by atoms with Crippen molar-refractivity contribution in [1.82, 2.24) is 4.90 Å². The normalized spacial score (nSPS) is 15.8. The van der Waals surface area contributed by atoms with Crippen molar-refractivity contribution in [3.05, 3.63) is 23.8 Å². The number of ether oxygens (including phenoxy) is 2. The van der Waals surface area contributed by atoms with Crippen LogP contribution in [0.15, 0.2) is 18.2 Å². The topological polar surface area (TPSA) is 45.5 Å². The summed E-state index contributed by atoms with van der Waals surface area (Å²) in [5.41, 5.74) is 0.562. The van der Waals surface area contributed by atoms with Gasteiger partial charge in [-0.15, -0.1) is 0 Å².